The molecule has 3 aromatic rings. The van der Waals surface area contributed by atoms with Gasteiger partial charge in [0.1, 0.15) is 0 Å². The van der Waals surface area contributed by atoms with Gasteiger partial charge in [0.2, 0.25) is 0 Å². The number of nitrogens with zero attached hydrogens (tertiary/aromatic N) is 1. The van der Waals surface area contributed by atoms with Crippen LogP contribution in [-0.4, -0.2) is 50.1 Å². The van der Waals surface area contributed by atoms with Gasteiger partial charge in [0.25, 0.3) is 5.91 Å². The molecule has 3 heterocycles. The van der Waals surface area contributed by atoms with E-state index in [2.05, 4.69) is 39.8 Å². The number of piperazine rings is 1. The molecular formula is C18H22ClN3OS2. The van der Waals surface area contributed by atoms with Gasteiger partial charge in [-0.25, -0.2) is 0 Å². The fraction of sp³-hybridized carbons (Fsp3) is 0.389. The normalized spacial score (nSPS) is 15.4. The number of hydrogen-bond acceptors (Lipinski definition) is 5. The third kappa shape index (κ3) is 4.15. The first kappa shape index (κ1) is 18.6. The van der Waals surface area contributed by atoms with E-state index in [1.165, 1.54) is 19.5 Å². The van der Waals surface area contributed by atoms with Crippen molar-refractivity contribution in [1.82, 2.24) is 15.5 Å². The minimum atomic E-state index is 0. The molecule has 1 aliphatic rings. The zero-order valence-electron chi connectivity index (χ0n) is 13.9. The first-order valence-corrected chi connectivity index (χ1v) is 10.1. The number of carbonyl (C=O) groups excluding carboxylic acids is 1. The van der Waals surface area contributed by atoms with Gasteiger partial charge < -0.3 is 15.5 Å². The molecule has 4 rings (SSSR count). The SMILES string of the molecule is Cl.O=C(NCCCN1CCNCC1)c1cc2sc3ccccc3c2s1. The van der Waals surface area contributed by atoms with Gasteiger partial charge in [0.15, 0.2) is 0 Å². The number of thiophene rings is 2. The van der Waals surface area contributed by atoms with Gasteiger partial charge in [-0.1, -0.05) is 18.2 Å². The van der Waals surface area contributed by atoms with E-state index in [0.717, 1.165) is 50.6 Å². The Morgan fingerprint density at radius 3 is 2.80 bits per heavy atom. The molecule has 0 bridgehead atoms. The van der Waals surface area contributed by atoms with Crippen molar-refractivity contribution in [2.75, 3.05) is 39.3 Å². The molecule has 0 saturated carbocycles. The predicted octanol–water partition coefficient (Wildman–Crippen LogP) is 3.56. The lowest BCUT2D eigenvalue weighted by Crippen LogP contribution is -2.44. The summed E-state index contributed by atoms with van der Waals surface area (Å²) in [6, 6.07) is 10.4. The van der Waals surface area contributed by atoms with Gasteiger partial charge in [0.05, 0.1) is 9.58 Å². The molecular weight excluding hydrogens is 374 g/mol. The molecule has 0 atom stereocenters. The van der Waals surface area contributed by atoms with Gasteiger partial charge in [-0.15, -0.1) is 35.1 Å². The maximum atomic E-state index is 12.4. The smallest absolute Gasteiger partial charge is 0.261 e. The van der Waals surface area contributed by atoms with Crippen molar-refractivity contribution >= 4 is 60.5 Å². The van der Waals surface area contributed by atoms with Crippen LogP contribution in [0.1, 0.15) is 16.1 Å². The van der Waals surface area contributed by atoms with Gasteiger partial charge in [0, 0.05) is 47.5 Å². The predicted molar refractivity (Wildman–Crippen MR) is 111 cm³/mol. The van der Waals surface area contributed by atoms with Crippen molar-refractivity contribution in [3.8, 4) is 0 Å². The van der Waals surface area contributed by atoms with Gasteiger partial charge in [-0.2, -0.15) is 0 Å². The number of carbonyl (C=O) groups is 1. The Labute approximate surface area is 161 Å². The second-order valence-corrected chi connectivity index (χ2v) is 8.24. The Hall–Kier alpha value is -1.18. The fourth-order valence-corrected chi connectivity index (χ4v) is 5.58. The molecule has 25 heavy (non-hydrogen) atoms. The van der Waals surface area contributed by atoms with Gasteiger partial charge in [-0.05, 0) is 25.1 Å². The summed E-state index contributed by atoms with van der Waals surface area (Å²) >= 11 is 3.37. The number of hydrogen-bond donors (Lipinski definition) is 2. The number of amides is 1. The fourth-order valence-electron chi connectivity index (χ4n) is 3.14. The molecule has 0 radical (unpaired) electrons. The Kier molecular flexibility index (Phi) is 6.30. The van der Waals surface area contributed by atoms with Crippen molar-refractivity contribution in [3.05, 3.63) is 35.2 Å². The monoisotopic (exact) mass is 395 g/mol. The van der Waals surface area contributed by atoms with Crippen LogP contribution in [0.3, 0.4) is 0 Å². The minimum Gasteiger partial charge on any atom is -0.351 e. The zero-order valence-corrected chi connectivity index (χ0v) is 16.4. The second-order valence-electron chi connectivity index (χ2n) is 6.10. The highest BCUT2D eigenvalue weighted by atomic mass is 35.5. The highest BCUT2D eigenvalue weighted by molar-refractivity contribution is 7.33. The van der Waals surface area contributed by atoms with Gasteiger partial charge in [-0.3, -0.25) is 4.79 Å². The van der Waals surface area contributed by atoms with Crippen LogP contribution in [-0.2, 0) is 0 Å². The molecule has 0 spiro atoms. The lowest BCUT2D eigenvalue weighted by atomic mass is 10.2. The van der Waals surface area contributed by atoms with Crippen LogP contribution in [0, 0.1) is 0 Å². The minimum absolute atomic E-state index is 0. The molecule has 1 saturated heterocycles. The summed E-state index contributed by atoms with van der Waals surface area (Å²) < 4.78 is 3.75. The maximum Gasteiger partial charge on any atom is 0.261 e. The van der Waals surface area contributed by atoms with Crippen molar-refractivity contribution in [3.63, 3.8) is 0 Å². The van der Waals surface area contributed by atoms with Crippen LogP contribution < -0.4 is 10.6 Å². The maximum absolute atomic E-state index is 12.4. The first-order valence-electron chi connectivity index (χ1n) is 8.43. The molecule has 1 amide bonds. The Balaban J connectivity index is 0.00000182. The highest BCUT2D eigenvalue weighted by Crippen LogP contribution is 2.39. The molecule has 1 aliphatic heterocycles. The van der Waals surface area contributed by atoms with Crippen LogP contribution in [0.25, 0.3) is 19.5 Å². The molecule has 1 fully saturated rings. The molecule has 134 valence electrons. The summed E-state index contributed by atoms with van der Waals surface area (Å²) in [6.45, 7) is 6.18. The Bertz CT molecular complexity index is 854. The van der Waals surface area contributed by atoms with Crippen molar-refractivity contribution in [1.29, 1.82) is 0 Å². The second kappa shape index (κ2) is 8.47. The lowest BCUT2D eigenvalue weighted by Gasteiger charge is -2.27. The number of benzene rings is 1. The third-order valence-corrected chi connectivity index (χ3v) is 6.83. The van der Waals surface area contributed by atoms with E-state index >= 15 is 0 Å². The van der Waals surface area contributed by atoms with Crippen LogP contribution in [0.4, 0.5) is 0 Å². The summed E-state index contributed by atoms with van der Waals surface area (Å²) in [7, 11) is 0. The molecule has 4 nitrogen and oxygen atoms in total. The number of fused-ring (bicyclic) bond motifs is 3. The van der Waals surface area contributed by atoms with E-state index in [9.17, 15) is 4.79 Å². The van der Waals surface area contributed by atoms with E-state index in [0.29, 0.717) is 0 Å². The average molecular weight is 396 g/mol. The summed E-state index contributed by atoms with van der Waals surface area (Å²) in [5.41, 5.74) is 0. The summed E-state index contributed by atoms with van der Waals surface area (Å²) in [5, 5.41) is 7.69. The topological polar surface area (TPSA) is 44.4 Å². The molecule has 7 heteroatoms. The van der Waals surface area contributed by atoms with Crippen molar-refractivity contribution < 1.29 is 4.79 Å². The third-order valence-electron chi connectivity index (χ3n) is 4.42. The average Bonchev–Trinajstić information content (AvgIpc) is 3.17. The van der Waals surface area contributed by atoms with Crippen LogP contribution in [0.5, 0.6) is 0 Å². The van der Waals surface area contributed by atoms with E-state index in [1.807, 2.05) is 6.07 Å². The summed E-state index contributed by atoms with van der Waals surface area (Å²) in [6.07, 6.45) is 1.01. The molecule has 0 unspecified atom stereocenters. The lowest BCUT2D eigenvalue weighted by molar-refractivity contribution is 0.0955. The van der Waals surface area contributed by atoms with E-state index in [1.54, 1.807) is 22.7 Å². The van der Waals surface area contributed by atoms with E-state index in [4.69, 9.17) is 0 Å². The molecule has 0 aliphatic carbocycles. The summed E-state index contributed by atoms with van der Waals surface area (Å²) in [4.78, 5) is 15.7. The summed E-state index contributed by atoms with van der Waals surface area (Å²) in [5.74, 6) is 0.0628. The molecule has 1 aromatic carbocycles. The number of rotatable bonds is 5. The van der Waals surface area contributed by atoms with Crippen molar-refractivity contribution in [2.45, 2.75) is 6.42 Å². The zero-order chi connectivity index (χ0) is 16.4. The molecule has 2 N–H and O–H groups in total. The highest BCUT2D eigenvalue weighted by Gasteiger charge is 2.14. The Morgan fingerprint density at radius 2 is 1.96 bits per heavy atom. The van der Waals surface area contributed by atoms with Crippen LogP contribution >= 0.6 is 35.1 Å². The number of halogens is 1. The molecule has 2 aromatic heterocycles. The van der Waals surface area contributed by atoms with Crippen LogP contribution in [0.15, 0.2) is 30.3 Å². The quantitative estimate of drug-likeness (QED) is 0.649. The van der Waals surface area contributed by atoms with E-state index in [-0.39, 0.29) is 18.3 Å². The first-order chi connectivity index (χ1) is 11.8. The van der Waals surface area contributed by atoms with E-state index < -0.39 is 0 Å². The van der Waals surface area contributed by atoms with Gasteiger partial charge >= 0.3 is 0 Å². The van der Waals surface area contributed by atoms with Crippen molar-refractivity contribution in [2.24, 2.45) is 0 Å². The standard InChI is InChI=1S/C18H21N3OS2.ClH/c22-18(20-6-3-9-21-10-7-19-8-11-21)16-12-15-17(24-16)13-4-1-2-5-14(13)23-15;/h1-2,4-5,12,19H,3,6-11H2,(H,20,22);1H. The largest absolute Gasteiger partial charge is 0.351 e. The Morgan fingerprint density at radius 1 is 1.16 bits per heavy atom. The number of nitrogens with one attached hydrogen (secondary N) is 2. The van der Waals surface area contributed by atoms with Crippen LogP contribution in [0.2, 0.25) is 0 Å².